The SMILES string of the molecule is O=C(Cc1ccc(Cl)c(Cl)c1)C1(CN2CCCC2)CCCCCN1. The number of halogens is 2. The highest BCUT2D eigenvalue weighted by atomic mass is 35.5. The second-order valence-corrected chi connectivity index (χ2v) is 7.97. The fourth-order valence-corrected chi connectivity index (χ4v) is 4.25. The van der Waals surface area contributed by atoms with Crippen LogP contribution in [0.1, 0.15) is 44.1 Å². The van der Waals surface area contributed by atoms with Crippen LogP contribution >= 0.6 is 23.2 Å². The van der Waals surface area contributed by atoms with Gasteiger partial charge in [-0.25, -0.2) is 0 Å². The third-order valence-corrected chi connectivity index (χ3v) is 6.06. The van der Waals surface area contributed by atoms with Gasteiger partial charge in [-0.3, -0.25) is 4.79 Å². The Morgan fingerprint density at radius 2 is 1.88 bits per heavy atom. The van der Waals surface area contributed by atoms with Crippen molar-refractivity contribution in [3.63, 3.8) is 0 Å². The molecule has 0 aromatic heterocycles. The average Bonchev–Trinajstić information content (AvgIpc) is 2.94. The number of ketones is 1. The van der Waals surface area contributed by atoms with Crippen LogP contribution in [-0.4, -0.2) is 42.4 Å². The third-order valence-electron chi connectivity index (χ3n) is 5.32. The van der Waals surface area contributed by atoms with Crippen LogP contribution in [0.4, 0.5) is 0 Å². The zero-order valence-electron chi connectivity index (χ0n) is 14.1. The Kier molecular flexibility index (Phi) is 6.20. The largest absolute Gasteiger partial charge is 0.304 e. The summed E-state index contributed by atoms with van der Waals surface area (Å²) >= 11 is 12.1. The lowest BCUT2D eigenvalue weighted by Gasteiger charge is -2.36. The Morgan fingerprint density at radius 3 is 2.62 bits per heavy atom. The molecular weight excluding hydrogens is 343 g/mol. The molecule has 1 N–H and O–H groups in total. The van der Waals surface area contributed by atoms with Gasteiger partial charge < -0.3 is 10.2 Å². The number of carbonyl (C=O) groups excluding carboxylic acids is 1. The molecule has 5 heteroatoms. The van der Waals surface area contributed by atoms with E-state index in [0.717, 1.165) is 51.0 Å². The van der Waals surface area contributed by atoms with Crippen LogP contribution in [-0.2, 0) is 11.2 Å². The van der Waals surface area contributed by atoms with E-state index in [2.05, 4.69) is 10.2 Å². The molecule has 0 saturated carbocycles. The van der Waals surface area contributed by atoms with Crippen LogP contribution in [0.2, 0.25) is 10.0 Å². The highest BCUT2D eigenvalue weighted by Crippen LogP contribution is 2.27. The zero-order valence-corrected chi connectivity index (χ0v) is 15.6. The maximum atomic E-state index is 13.3. The van der Waals surface area contributed by atoms with E-state index >= 15 is 0 Å². The number of nitrogens with zero attached hydrogens (tertiary/aromatic N) is 1. The van der Waals surface area contributed by atoms with Crippen LogP contribution in [0, 0.1) is 0 Å². The summed E-state index contributed by atoms with van der Waals surface area (Å²) in [6.45, 7) is 4.00. The lowest BCUT2D eigenvalue weighted by Crippen LogP contribution is -2.58. The molecule has 2 saturated heterocycles. The van der Waals surface area contributed by atoms with Crippen LogP contribution in [0.25, 0.3) is 0 Å². The first kappa shape index (κ1) is 18.2. The smallest absolute Gasteiger partial charge is 0.158 e. The molecule has 2 aliphatic rings. The summed E-state index contributed by atoms with van der Waals surface area (Å²) in [5, 5.41) is 4.67. The normalized spacial score (nSPS) is 25.6. The standard InChI is InChI=1S/C19H26Cl2N2O/c20-16-7-6-15(12-17(16)21)13-18(24)19(8-2-1-3-9-22-19)14-23-10-4-5-11-23/h6-7,12,22H,1-5,8-11,13-14H2. The summed E-state index contributed by atoms with van der Waals surface area (Å²) in [6, 6.07) is 5.51. The van der Waals surface area contributed by atoms with Gasteiger partial charge in [-0.15, -0.1) is 0 Å². The highest BCUT2D eigenvalue weighted by molar-refractivity contribution is 6.42. The van der Waals surface area contributed by atoms with Gasteiger partial charge in [0.2, 0.25) is 0 Å². The minimum absolute atomic E-state index is 0.287. The molecule has 1 aromatic carbocycles. The second-order valence-electron chi connectivity index (χ2n) is 7.15. The molecule has 2 aliphatic heterocycles. The van der Waals surface area contributed by atoms with Gasteiger partial charge in [0.15, 0.2) is 5.78 Å². The van der Waals surface area contributed by atoms with E-state index in [1.807, 2.05) is 12.1 Å². The summed E-state index contributed by atoms with van der Waals surface area (Å²) in [5.74, 6) is 0.287. The Labute approximate surface area is 154 Å². The zero-order chi connectivity index (χ0) is 17.0. The Bertz CT molecular complexity index is 577. The van der Waals surface area contributed by atoms with E-state index in [4.69, 9.17) is 23.2 Å². The van der Waals surface area contributed by atoms with Crippen LogP contribution in [0.3, 0.4) is 0 Å². The lowest BCUT2D eigenvalue weighted by atomic mass is 9.85. The van der Waals surface area contributed by atoms with Crippen molar-refractivity contribution in [2.45, 2.75) is 50.5 Å². The summed E-state index contributed by atoms with van der Waals surface area (Å²) in [5.41, 5.74) is 0.536. The monoisotopic (exact) mass is 368 g/mol. The predicted molar refractivity (Wildman–Crippen MR) is 100 cm³/mol. The molecule has 1 atom stereocenters. The third kappa shape index (κ3) is 4.32. The maximum absolute atomic E-state index is 13.3. The van der Waals surface area contributed by atoms with Crippen molar-refractivity contribution in [1.29, 1.82) is 0 Å². The van der Waals surface area contributed by atoms with E-state index < -0.39 is 5.54 Å². The molecule has 24 heavy (non-hydrogen) atoms. The van der Waals surface area contributed by atoms with Gasteiger partial charge in [0.25, 0.3) is 0 Å². The quantitative estimate of drug-likeness (QED) is 0.848. The van der Waals surface area contributed by atoms with Crippen molar-refractivity contribution >= 4 is 29.0 Å². The topological polar surface area (TPSA) is 32.3 Å². The molecule has 3 nitrogen and oxygen atoms in total. The van der Waals surface area contributed by atoms with Crippen molar-refractivity contribution in [2.24, 2.45) is 0 Å². The molecule has 3 rings (SSSR count). The molecule has 1 unspecified atom stereocenters. The molecular formula is C19H26Cl2N2O. The number of hydrogen-bond acceptors (Lipinski definition) is 3. The van der Waals surface area contributed by atoms with Gasteiger partial charge in [-0.2, -0.15) is 0 Å². The summed E-state index contributed by atoms with van der Waals surface area (Å²) in [6.07, 6.45) is 7.32. The van der Waals surface area contributed by atoms with Gasteiger partial charge >= 0.3 is 0 Å². The van der Waals surface area contributed by atoms with Crippen LogP contribution in [0.15, 0.2) is 18.2 Å². The molecule has 0 spiro atoms. The van der Waals surface area contributed by atoms with Crippen molar-refractivity contribution in [3.8, 4) is 0 Å². The first-order valence-electron chi connectivity index (χ1n) is 9.04. The Balaban J connectivity index is 1.77. The van der Waals surface area contributed by atoms with Crippen molar-refractivity contribution < 1.29 is 4.79 Å². The first-order valence-corrected chi connectivity index (χ1v) is 9.79. The van der Waals surface area contributed by atoms with E-state index in [1.54, 1.807) is 6.07 Å². The van der Waals surface area contributed by atoms with E-state index in [0.29, 0.717) is 16.5 Å². The molecule has 1 aromatic rings. The van der Waals surface area contributed by atoms with Crippen molar-refractivity contribution in [2.75, 3.05) is 26.2 Å². The van der Waals surface area contributed by atoms with Crippen molar-refractivity contribution in [3.05, 3.63) is 33.8 Å². The molecule has 2 heterocycles. The number of likely N-dealkylation sites (tertiary alicyclic amines) is 1. The molecule has 0 bridgehead atoms. The minimum atomic E-state index is -0.410. The number of benzene rings is 1. The first-order chi connectivity index (χ1) is 11.6. The van der Waals surface area contributed by atoms with Gasteiger partial charge in [0, 0.05) is 13.0 Å². The highest BCUT2D eigenvalue weighted by Gasteiger charge is 2.39. The number of rotatable bonds is 5. The van der Waals surface area contributed by atoms with Gasteiger partial charge in [0.1, 0.15) is 0 Å². The lowest BCUT2D eigenvalue weighted by molar-refractivity contribution is -0.125. The molecule has 2 fully saturated rings. The minimum Gasteiger partial charge on any atom is -0.304 e. The fraction of sp³-hybridized carbons (Fsp3) is 0.632. The van der Waals surface area contributed by atoms with E-state index in [9.17, 15) is 4.79 Å². The maximum Gasteiger partial charge on any atom is 0.158 e. The van der Waals surface area contributed by atoms with Gasteiger partial charge in [-0.05, 0) is 63.0 Å². The number of carbonyl (C=O) groups is 1. The van der Waals surface area contributed by atoms with Gasteiger partial charge in [-0.1, -0.05) is 42.1 Å². The molecule has 0 aliphatic carbocycles. The summed E-state index contributed by atoms with van der Waals surface area (Å²) in [4.78, 5) is 15.7. The fourth-order valence-electron chi connectivity index (χ4n) is 3.93. The number of hydrogen-bond donors (Lipinski definition) is 1. The molecule has 132 valence electrons. The van der Waals surface area contributed by atoms with Gasteiger partial charge in [0.05, 0.1) is 15.6 Å². The molecule has 0 amide bonds. The Morgan fingerprint density at radius 1 is 1.08 bits per heavy atom. The average molecular weight is 369 g/mol. The summed E-state index contributed by atoms with van der Waals surface area (Å²) in [7, 11) is 0. The van der Waals surface area contributed by atoms with Crippen molar-refractivity contribution in [1.82, 2.24) is 10.2 Å². The molecule has 0 radical (unpaired) electrons. The van der Waals surface area contributed by atoms with E-state index in [-0.39, 0.29) is 5.78 Å². The summed E-state index contributed by atoms with van der Waals surface area (Å²) < 4.78 is 0. The second kappa shape index (κ2) is 8.18. The number of nitrogens with one attached hydrogen (secondary N) is 1. The Hall–Kier alpha value is -0.610. The van der Waals surface area contributed by atoms with E-state index in [1.165, 1.54) is 19.3 Å². The van der Waals surface area contributed by atoms with Crippen LogP contribution < -0.4 is 5.32 Å². The predicted octanol–water partition coefficient (Wildman–Crippen LogP) is 4.10. The number of Topliss-reactive ketones (excluding diaryl/α,β-unsaturated/α-hetero) is 1. The van der Waals surface area contributed by atoms with Crippen LogP contribution in [0.5, 0.6) is 0 Å².